The minimum absolute atomic E-state index is 0.00605. The molecule has 148 valence electrons. The maximum atomic E-state index is 13.1. The lowest BCUT2D eigenvalue weighted by Crippen LogP contribution is -2.41. The van der Waals surface area contributed by atoms with Crippen molar-refractivity contribution in [1.82, 2.24) is 15.3 Å². The highest BCUT2D eigenvalue weighted by molar-refractivity contribution is 6.32. The monoisotopic (exact) mass is 411 g/mol. The van der Waals surface area contributed by atoms with Crippen molar-refractivity contribution in [1.29, 1.82) is 0 Å². The Bertz CT molecular complexity index is 1030. The Morgan fingerprint density at radius 2 is 2.07 bits per heavy atom. The predicted octanol–water partition coefficient (Wildman–Crippen LogP) is 3.99. The highest BCUT2D eigenvalue weighted by Crippen LogP contribution is 2.25. The van der Waals surface area contributed by atoms with Gasteiger partial charge in [-0.3, -0.25) is 4.79 Å². The summed E-state index contributed by atoms with van der Waals surface area (Å²) in [7, 11) is 0. The molecule has 1 aromatic heterocycles. The molecule has 29 heavy (non-hydrogen) atoms. The number of carbonyl (C=O) groups is 1. The maximum Gasteiger partial charge on any atom is 0.258 e. The van der Waals surface area contributed by atoms with Crippen LogP contribution in [0.25, 0.3) is 11.4 Å². The van der Waals surface area contributed by atoms with Crippen molar-refractivity contribution in [2.75, 3.05) is 6.61 Å². The van der Waals surface area contributed by atoms with Crippen molar-refractivity contribution in [3.8, 4) is 17.1 Å². The van der Waals surface area contributed by atoms with E-state index in [0.29, 0.717) is 6.42 Å². The smallest absolute Gasteiger partial charge is 0.258 e. The van der Waals surface area contributed by atoms with Crippen LogP contribution in [0.5, 0.6) is 5.75 Å². The van der Waals surface area contributed by atoms with Gasteiger partial charge in [-0.25, -0.2) is 14.4 Å². The third-order valence-corrected chi connectivity index (χ3v) is 5.10. The first-order chi connectivity index (χ1) is 14.1. The number of benzene rings is 2. The highest BCUT2D eigenvalue weighted by Gasteiger charge is 2.22. The van der Waals surface area contributed by atoms with Crippen molar-refractivity contribution >= 4 is 17.5 Å². The second-order valence-corrected chi connectivity index (χ2v) is 7.31. The Morgan fingerprint density at radius 1 is 1.24 bits per heavy atom. The second kappa shape index (κ2) is 8.57. The van der Waals surface area contributed by atoms with Crippen LogP contribution in [-0.2, 0) is 17.6 Å². The standard InChI is InChI=1S/C22H19ClFN3O2/c23-18-11-16(24)6-9-20(18)29-13-21(28)26-17-7-8-19-15(10-17)12-25-22(27-19)14-4-2-1-3-5-14/h1-6,9,11-12,17H,7-8,10,13H2,(H,26,28). The van der Waals surface area contributed by atoms with E-state index in [1.807, 2.05) is 36.5 Å². The van der Waals surface area contributed by atoms with Gasteiger partial charge in [0.25, 0.3) is 5.91 Å². The highest BCUT2D eigenvalue weighted by atomic mass is 35.5. The molecule has 1 aliphatic rings. The molecule has 7 heteroatoms. The number of fused-ring (bicyclic) bond motifs is 1. The van der Waals surface area contributed by atoms with Crippen LogP contribution in [-0.4, -0.2) is 28.5 Å². The SMILES string of the molecule is O=C(COc1ccc(F)cc1Cl)NC1CCc2nc(-c3ccccc3)ncc2C1. The molecule has 4 rings (SSSR count). The average molecular weight is 412 g/mol. The number of hydrogen-bond acceptors (Lipinski definition) is 4. The molecular weight excluding hydrogens is 393 g/mol. The Kier molecular flexibility index (Phi) is 5.71. The minimum atomic E-state index is -0.453. The summed E-state index contributed by atoms with van der Waals surface area (Å²) in [6.45, 7) is -0.182. The molecule has 1 atom stereocenters. The van der Waals surface area contributed by atoms with Gasteiger partial charge in [-0.05, 0) is 43.0 Å². The summed E-state index contributed by atoms with van der Waals surface area (Å²) in [5, 5.41) is 3.11. The number of ether oxygens (including phenoxy) is 1. The summed E-state index contributed by atoms with van der Waals surface area (Å²) in [6.07, 6.45) is 4.08. The molecule has 0 spiro atoms. The molecule has 0 aliphatic heterocycles. The fourth-order valence-corrected chi connectivity index (χ4v) is 3.58. The summed E-state index contributed by atoms with van der Waals surface area (Å²) in [4.78, 5) is 21.4. The molecule has 1 amide bonds. The molecule has 0 saturated heterocycles. The van der Waals surface area contributed by atoms with E-state index in [1.54, 1.807) is 0 Å². The fraction of sp³-hybridized carbons (Fsp3) is 0.227. The van der Waals surface area contributed by atoms with Gasteiger partial charge < -0.3 is 10.1 Å². The Balaban J connectivity index is 1.34. The minimum Gasteiger partial charge on any atom is -0.482 e. The molecule has 5 nitrogen and oxygen atoms in total. The molecule has 0 bridgehead atoms. The second-order valence-electron chi connectivity index (χ2n) is 6.90. The summed E-state index contributed by atoms with van der Waals surface area (Å²) in [5.74, 6) is 0.293. The zero-order valence-electron chi connectivity index (χ0n) is 15.6. The first-order valence-corrected chi connectivity index (χ1v) is 9.74. The molecule has 1 aliphatic carbocycles. The van der Waals surface area contributed by atoms with E-state index in [0.717, 1.165) is 41.6 Å². The lowest BCUT2D eigenvalue weighted by atomic mass is 9.92. The number of carbonyl (C=O) groups excluding carboxylic acids is 1. The van der Waals surface area contributed by atoms with E-state index in [2.05, 4.69) is 10.3 Å². The number of hydrogen-bond donors (Lipinski definition) is 1. The van der Waals surface area contributed by atoms with Gasteiger partial charge in [-0.15, -0.1) is 0 Å². The van der Waals surface area contributed by atoms with Crippen molar-refractivity contribution < 1.29 is 13.9 Å². The van der Waals surface area contributed by atoms with Crippen LogP contribution < -0.4 is 10.1 Å². The molecule has 3 aromatic rings. The lowest BCUT2D eigenvalue weighted by Gasteiger charge is -2.25. The number of halogens is 2. The zero-order chi connectivity index (χ0) is 20.2. The van der Waals surface area contributed by atoms with Crippen LogP contribution in [0.1, 0.15) is 17.7 Å². The van der Waals surface area contributed by atoms with E-state index in [1.165, 1.54) is 12.1 Å². The molecule has 0 saturated carbocycles. The van der Waals surface area contributed by atoms with Gasteiger partial charge in [0, 0.05) is 23.5 Å². The summed E-state index contributed by atoms with van der Waals surface area (Å²) < 4.78 is 18.5. The van der Waals surface area contributed by atoms with Crippen LogP contribution in [0.3, 0.4) is 0 Å². The van der Waals surface area contributed by atoms with Crippen LogP contribution >= 0.6 is 11.6 Å². The van der Waals surface area contributed by atoms with Crippen molar-refractivity contribution in [2.24, 2.45) is 0 Å². The normalized spacial score (nSPS) is 15.4. The van der Waals surface area contributed by atoms with Crippen LogP contribution in [0.4, 0.5) is 4.39 Å². The topological polar surface area (TPSA) is 64.1 Å². The van der Waals surface area contributed by atoms with Gasteiger partial charge in [0.2, 0.25) is 0 Å². The van der Waals surface area contributed by atoms with Crippen molar-refractivity contribution in [3.05, 3.63) is 76.8 Å². The molecule has 1 unspecified atom stereocenters. The molecule has 0 radical (unpaired) electrons. The predicted molar refractivity (Wildman–Crippen MR) is 108 cm³/mol. The Morgan fingerprint density at radius 3 is 2.86 bits per heavy atom. The maximum absolute atomic E-state index is 13.1. The summed E-state index contributed by atoms with van der Waals surface area (Å²) in [5.41, 5.74) is 3.06. The van der Waals surface area contributed by atoms with E-state index in [9.17, 15) is 9.18 Å². The average Bonchev–Trinajstić information content (AvgIpc) is 2.73. The van der Waals surface area contributed by atoms with E-state index in [-0.39, 0.29) is 29.3 Å². The molecular formula is C22H19ClFN3O2. The van der Waals surface area contributed by atoms with Crippen LogP contribution in [0.2, 0.25) is 5.02 Å². The number of rotatable bonds is 5. The van der Waals surface area contributed by atoms with Gasteiger partial charge in [0.15, 0.2) is 12.4 Å². The third-order valence-electron chi connectivity index (χ3n) is 4.80. The summed E-state index contributed by atoms with van der Waals surface area (Å²) >= 11 is 5.91. The first-order valence-electron chi connectivity index (χ1n) is 9.36. The van der Waals surface area contributed by atoms with Gasteiger partial charge >= 0.3 is 0 Å². The lowest BCUT2D eigenvalue weighted by molar-refractivity contribution is -0.123. The summed E-state index contributed by atoms with van der Waals surface area (Å²) in [6, 6.07) is 13.6. The van der Waals surface area contributed by atoms with E-state index in [4.69, 9.17) is 21.3 Å². The van der Waals surface area contributed by atoms with Crippen LogP contribution in [0.15, 0.2) is 54.7 Å². The quantitative estimate of drug-likeness (QED) is 0.689. The van der Waals surface area contributed by atoms with Crippen LogP contribution in [0, 0.1) is 5.82 Å². The number of nitrogens with zero attached hydrogens (tertiary/aromatic N) is 2. The number of amides is 1. The number of nitrogens with one attached hydrogen (secondary N) is 1. The van der Waals surface area contributed by atoms with Gasteiger partial charge in [0.1, 0.15) is 11.6 Å². The zero-order valence-corrected chi connectivity index (χ0v) is 16.3. The first kappa shape index (κ1) is 19.3. The Labute approximate surface area is 172 Å². The molecule has 1 heterocycles. The molecule has 1 N–H and O–H groups in total. The van der Waals surface area contributed by atoms with Gasteiger partial charge in [-0.2, -0.15) is 0 Å². The fourth-order valence-electron chi connectivity index (χ4n) is 3.36. The number of aromatic nitrogens is 2. The van der Waals surface area contributed by atoms with Gasteiger partial charge in [0.05, 0.1) is 5.02 Å². The Hall–Kier alpha value is -2.99. The van der Waals surface area contributed by atoms with E-state index >= 15 is 0 Å². The largest absolute Gasteiger partial charge is 0.482 e. The van der Waals surface area contributed by atoms with Crippen molar-refractivity contribution in [2.45, 2.75) is 25.3 Å². The van der Waals surface area contributed by atoms with E-state index < -0.39 is 5.82 Å². The van der Waals surface area contributed by atoms with Crippen molar-refractivity contribution in [3.63, 3.8) is 0 Å². The van der Waals surface area contributed by atoms with Gasteiger partial charge in [-0.1, -0.05) is 41.9 Å². The number of aryl methyl sites for hydroxylation is 1. The molecule has 0 fully saturated rings. The third kappa shape index (κ3) is 4.71. The molecule has 2 aromatic carbocycles.